The first-order valence-corrected chi connectivity index (χ1v) is 11.8. The number of amides is 1. The number of hydrogen-bond acceptors (Lipinski definition) is 5. The number of pyridine rings is 1. The molecule has 6 nitrogen and oxygen atoms in total. The Bertz CT molecular complexity index is 1010. The summed E-state index contributed by atoms with van der Waals surface area (Å²) in [5.74, 6) is -0.0186. The predicted octanol–water partition coefficient (Wildman–Crippen LogP) is 5.11. The van der Waals surface area contributed by atoms with E-state index in [-0.39, 0.29) is 5.91 Å². The zero-order chi connectivity index (χ0) is 22.2. The van der Waals surface area contributed by atoms with Crippen LogP contribution in [0.25, 0.3) is 22.0 Å². The first-order valence-electron chi connectivity index (χ1n) is 11.0. The van der Waals surface area contributed by atoms with Crippen LogP contribution in [0.15, 0.2) is 29.8 Å². The van der Waals surface area contributed by atoms with Crippen molar-refractivity contribution < 1.29 is 9.53 Å². The van der Waals surface area contributed by atoms with Crippen LogP contribution < -0.4 is 5.32 Å². The fraction of sp³-hybridized carbons (Fsp3) is 0.458. The summed E-state index contributed by atoms with van der Waals surface area (Å²) in [6.07, 6.45) is 5.64. The number of rotatable bonds is 11. The molecule has 0 aliphatic rings. The van der Waals surface area contributed by atoms with Crippen molar-refractivity contribution in [1.29, 1.82) is 0 Å². The number of nitrogens with one attached hydrogen (secondary N) is 1. The Kier molecular flexibility index (Phi) is 8.37. The van der Waals surface area contributed by atoms with Gasteiger partial charge in [-0.2, -0.15) is 0 Å². The lowest BCUT2D eigenvalue weighted by Crippen LogP contribution is -2.24. The summed E-state index contributed by atoms with van der Waals surface area (Å²) in [7, 11) is 1.71. The quantitative estimate of drug-likeness (QED) is 0.421. The largest absolute Gasteiger partial charge is 0.385 e. The second-order valence-electron chi connectivity index (χ2n) is 7.56. The van der Waals surface area contributed by atoms with Crippen LogP contribution in [0.2, 0.25) is 0 Å². The van der Waals surface area contributed by atoms with E-state index in [1.54, 1.807) is 18.4 Å². The van der Waals surface area contributed by atoms with Gasteiger partial charge in [0, 0.05) is 55.3 Å². The van der Waals surface area contributed by atoms with Crippen LogP contribution >= 0.6 is 11.3 Å². The minimum absolute atomic E-state index is 0.0186. The van der Waals surface area contributed by atoms with Gasteiger partial charge in [0.1, 0.15) is 5.01 Å². The van der Waals surface area contributed by atoms with Crippen molar-refractivity contribution in [1.82, 2.24) is 19.9 Å². The Morgan fingerprint density at radius 1 is 1.26 bits per heavy atom. The maximum absolute atomic E-state index is 12.8. The number of aryl methyl sites for hydroxylation is 1. The molecule has 1 N–H and O–H groups in total. The van der Waals surface area contributed by atoms with E-state index in [1.165, 1.54) is 0 Å². The first-order chi connectivity index (χ1) is 15.1. The van der Waals surface area contributed by atoms with E-state index in [9.17, 15) is 4.79 Å². The van der Waals surface area contributed by atoms with Gasteiger partial charge in [-0.25, -0.2) is 4.98 Å². The van der Waals surface area contributed by atoms with Crippen LogP contribution in [0.4, 0.5) is 0 Å². The Hall–Kier alpha value is -2.51. The van der Waals surface area contributed by atoms with E-state index in [4.69, 9.17) is 9.72 Å². The molecule has 0 aromatic carbocycles. The zero-order valence-electron chi connectivity index (χ0n) is 18.9. The highest BCUT2D eigenvalue weighted by atomic mass is 32.1. The third-order valence-corrected chi connectivity index (χ3v) is 6.24. The number of methoxy groups -OCH3 is 1. The molecule has 0 saturated heterocycles. The highest BCUT2D eigenvalue weighted by Gasteiger charge is 2.20. The molecule has 0 spiro atoms. The third-order valence-electron chi connectivity index (χ3n) is 5.35. The number of aromatic nitrogens is 3. The van der Waals surface area contributed by atoms with Gasteiger partial charge in [0.05, 0.1) is 17.0 Å². The molecule has 3 rings (SSSR count). The standard InChI is InChI=1S/C24H32N4O2S/c1-5-7-10-26-23(29)20-15-22(28(17(20)3)12-8-13-30-4)21-16-31-24(27-21)18-9-11-25-19(6-2)14-18/h9,11,14-16H,5-8,10,12-13H2,1-4H3,(H,26,29). The molecule has 3 heterocycles. The molecule has 7 heteroatoms. The number of hydrogen-bond donors (Lipinski definition) is 1. The highest BCUT2D eigenvalue weighted by Crippen LogP contribution is 2.32. The van der Waals surface area contributed by atoms with E-state index in [2.05, 4.69) is 40.2 Å². The maximum Gasteiger partial charge on any atom is 0.253 e. The van der Waals surface area contributed by atoms with Crippen molar-refractivity contribution >= 4 is 17.2 Å². The lowest BCUT2D eigenvalue weighted by Gasteiger charge is -2.11. The van der Waals surface area contributed by atoms with Crippen molar-refractivity contribution in [2.45, 2.75) is 53.0 Å². The fourth-order valence-electron chi connectivity index (χ4n) is 3.54. The van der Waals surface area contributed by atoms with E-state index in [1.807, 2.05) is 25.3 Å². The third kappa shape index (κ3) is 5.60. The summed E-state index contributed by atoms with van der Waals surface area (Å²) in [5, 5.41) is 6.07. The topological polar surface area (TPSA) is 69.0 Å². The number of carbonyl (C=O) groups excluding carboxylic acids is 1. The normalized spacial score (nSPS) is 11.1. The maximum atomic E-state index is 12.8. The minimum atomic E-state index is -0.0186. The molecular weight excluding hydrogens is 408 g/mol. The number of nitrogens with zero attached hydrogens (tertiary/aromatic N) is 3. The van der Waals surface area contributed by atoms with Gasteiger partial charge in [-0.1, -0.05) is 20.3 Å². The van der Waals surface area contributed by atoms with Gasteiger partial charge in [0.15, 0.2) is 0 Å². The predicted molar refractivity (Wildman–Crippen MR) is 127 cm³/mol. The summed E-state index contributed by atoms with van der Waals surface area (Å²) in [6.45, 7) is 8.37. The number of ether oxygens (including phenoxy) is 1. The van der Waals surface area contributed by atoms with Crippen molar-refractivity contribution in [3.63, 3.8) is 0 Å². The first kappa shape index (κ1) is 23.2. The molecule has 3 aromatic heterocycles. The van der Waals surface area contributed by atoms with Gasteiger partial charge in [-0.05, 0) is 44.4 Å². The monoisotopic (exact) mass is 440 g/mol. The second kappa shape index (κ2) is 11.2. The van der Waals surface area contributed by atoms with Gasteiger partial charge in [0.25, 0.3) is 5.91 Å². The summed E-state index contributed by atoms with van der Waals surface area (Å²) in [5.41, 5.74) is 5.68. The van der Waals surface area contributed by atoms with E-state index >= 15 is 0 Å². The molecule has 0 bridgehead atoms. The van der Waals surface area contributed by atoms with E-state index < -0.39 is 0 Å². The molecule has 0 radical (unpaired) electrons. The Morgan fingerprint density at radius 3 is 2.84 bits per heavy atom. The average Bonchev–Trinajstić information content (AvgIpc) is 3.39. The smallest absolute Gasteiger partial charge is 0.253 e. The van der Waals surface area contributed by atoms with Crippen molar-refractivity contribution in [3.05, 3.63) is 46.7 Å². The molecule has 0 aliphatic heterocycles. The molecule has 1 amide bonds. The van der Waals surface area contributed by atoms with Gasteiger partial charge < -0.3 is 14.6 Å². The molecule has 31 heavy (non-hydrogen) atoms. The molecule has 166 valence electrons. The van der Waals surface area contributed by atoms with E-state index in [0.29, 0.717) is 13.2 Å². The minimum Gasteiger partial charge on any atom is -0.385 e. The van der Waals surface area contributed by atoms with Gasteiger partial charge in [-0.15, -0.1) is 11.3 Å². The number of unbranched alkanes of at least 4 members (excludes halogenated alkanes) is 1. The Morgan fingerprint density at radius 2 is 2.10 bits per heavy atom. The van der Waals surface area contributed by atoms with Crippen LogP contribution in [0.3, 0.4) is 0 Å². The zero-order valence-corrected chi connectivity index (χ0v) is 19.7. The molecule has 0 saturated carbocycles. The SMILES string of the molecule is CCCCNC(=O)c1cc(-c2csc(-c3ccnc(CC)c3)n2)n(CCCOC)c1C. The Balaban J connectivity index is 1.94. The summed E-state index contributed by atoms with van der Waals surface area (Å²) in [6, 6.07) is 6.07. The van der Waals surface area contributed by atoms with Gasteiger partial charge >= 0.3 is 0 Å². The van der Waals surface area contributed by atoms with Gasteiger partial charge in [-0.3, -0.25) is 9.78 Å². The summed E-state index contributed by atoms with van der Waals surface area (Å²) in [4.78, 5) is 22.1. The Labute approximate surface area is 188 Å². The molecule has 0 aliphatic carbocycles. The van der Waals surface area contributed by atoms with Gasteiger partial charge in [0.2, 0.25) is 0 Å². The van der Waals surface area contributed by atoms with Crippen LogP contribution in [-0.2, 0) is 17.7 Å². The van der Waals surface area contributed by atoms with Crippen LogP contribution in [0.1, 0.15) is 54.9 Å². The molecule has 0 unspecified atom stereocenters. The molecule has 3 aromatic rings. The summed E-state index contributed by atoms with van der Waals surface area (Å²) < 4.78 is 7.43. The lowest BCUT2D eigenvalue weighted by molar-refractivity contribution is 0.0952. The van der Waals surface area contributed by atoms with Crippen LogP contribution in [0, 0.1) is 6.92 Å². The lowest BCUT2D eigenvalue weighted by atomic mass is 10.2. The summed E-state index contributed by atoms with van der Waals surface area (Å²) >= 11 is 1.62. The van der Waals surface area contributed by atoms with Crippen LogP contribution in [0.5, 0.6) is 0 Å². The van der Waals surface area contributed by atoms with Crippen LogP contribution in [-0.4, -0.2) is 40.7 Å². The second-order valence-corrected chi connectivity index (χ2v) is 8.42. The molecular formula is C24H32N4O2S. The van der Waals surface area contributed by atoms with Crippen molar-refractivity contribution in [2.75, 3.05) is 20.3 Å². The fourth-order valence-corrected chi connectivity index (χ4v) is 4.36. The highest BCUT2D eigenvalue weighted by molar-refractivity contribution is 7.13. The van der Waals surface area contributed by atoms with Crippen molar-refractivity contribution in [3.8, 4) is 22.0 Å². The average molecular weight is 441 g/mol. The number of thiazole rings is 1. The molecule has 0 fully saturated rings. The van der Waals surface area contributed by atoms with E-state index in [0.717, 1.165) is 71.1 Å². The molecule has 0 atom stereocenters. The number of carbonyl (C=O) groups is 1. The van der Waals surface area contributed by atoms with Crippen molar-refractivity contribution in [2.24, 2.45) is 0 Å².